The summed E-state index contributed by atoms with van der Waals surface area (Å²) in [6, 6.07) is -20.5. The lowest BCUT2D eigenvalue weighted by Crippen LogP contribution is -2.00. The van der Waals surface area contributed by atoms with E-state index in [0.717, 1.165) is 15.9 Å². The van der Waals surface area contributed by atoms with Gasteiger partial charge >= 0.3 is 0 Å². The Balaban J connectivity index is 1.28. The first-order chi connectivity index (χ1) is 36.1. The van der Waals surface area contributed by atoms with Crippen LogP contribution >= 0.6 is 11.3 Å². The highest BCUT2D eigenvalue weighted by molar-refractivity contribution is 7.26. The molecular formula is C45H26N4OS. The zero-order chi connectivity index (χ0) is 56.1. The minimum Gasteiger partial charge on any atom is -0.455 e. The lowest BCUT2D eigenvalue weighted by molar-refractivity contribution is 0.669. The third-order valence-electron chi connectivity index (χ3n) is 8.05. The second-order valence-corrected chi connectivity index (χ2v) is 11.9. The van der Waals surface area contributed by atoms with Gasteiger partial charge in [0.05, 0.1) is 52.2 Å². The van der Waals surface area contributed by atoms with Gasteiger partial charge in [0, 0.05) is 58.5 Å². The van der Waals surface area contributed by atoms with Gasteiger partial charge in [-0.15, -0.1) is 11.3 Å². The van der Waals surface area contributed by atoms with Crippen LogP contribution in [-0.4, -0.2) is 19.5 Å². The Morgan fingerprint density at radius 3 is 2.00 bits per heavy atom. The summed E-state index contributed by atoms with van der Waals surface area (Å²) >= 11 is 0.742. The highest BCUT2D eigenvalue weighted by Crippen LogP contribution is 2.43. The molecule has 0 aliphatic carbocycles. The molecule has 4 heterocycles. The largest absolute Gasteiger partial charge is 0.455 e. The van der Waals surface area contributed by atoms with Gasteiger partial charge in [0.1, 0.15) is 11.2 Å². The van der Waals surface area contributed by atoms with Crippen LogP contribution in [0.2, 0.25) is 0 Å². The van der Waals surface area contributed by atoms with Crippen LogP contribution in [-0.2, 0) is 0 Å². The molecule has 0 aliphatic rings. The smallest absolute Gasteiger partial charge is 0.167 e. The maximum absolute atomic E-state index is 9.60. The normalized spacial score (nSPS) is 19.1. The van der Waals surface area contributed by atoms with Gasteiger partial charge in [-0.2, -0.15) is 0 Å². The van der Waals surface area contributed by atoms with E-state index in [1.807, 2.05) is 0 Å². The Labute approximate surface area is 332 Å². The minimum atomic E-state index is -1.02. The molecule has 0 atom stereocenters. The van der Waals surface area contributed by atoms with Crippen LogP contribution in [0.4, 0.5) is 0 Å². The molecule has 4 aromatic heterocycles. The van der Waals surface area contributed by atoms with Crippen molar-refractivity contribution in [2.24, 2.45) is 0 Å². The number of fused-ring (bicyclic) bond motifs is 10. The molecular weight excluding hydrogens is 645 g/mol. The van der Waals surface area contributed by atoms with Gasteiger partial charge in [-0.3, -0.25) is 0 Å². The monoisotopic (exact) mass is 696 g/mol. The molecule has 7 aromatic carbocycles. The fourth-order valence-electron chi connectivity index (χ4n) is 5.89. The van der Waals surface area contributed by atoms with E-state index in [1.54, 1.807) is 0 Å². The van der Waals surface area contributed by atoms with E-state index >= 15 is 0 Å². The molecule has 11 rings (SSSR count). The van der Waals surface area contributed by atoms with Crippen molar-refractivity contribution in [1.82, 2.24) is 19.5 Å². The van der Waals surface area contributed by atoms with Crippen molar-refractivity contribution < 1.29 is 40.1 Å². The molecule has 6 heteroatoms. The predicted octanol–water partition coefficient (Wildman–Crippen LogP) is 12.2. The van der Waals surface area contributed by atoms with E-state index in [4.69, 9.17) is 30.5 Å². The van der Waals surface area contributed by atoms with Crippen molar-refractivity contribution in [1.29, 1.82) is 0 Å². The highest BCUT2D eigenvalue weighted by atomic mass is 32.1. The molecule has 0 aliphatic heterocycles. The maximum Gasteiger partial charge on any atom is 0.167 e. The number of thiophene rings is 1. The first-order valence-corrected chi connectivity index (χ1v) is 15.6. The van der Waals surface area contributed by atoms with Crippen LogP contribution in [0, 0.1) is 0 Å². The van der Waals surface area contributed by atoms with E-state index < -0.39 is 225 Å². The zero-order valence-corrected chi connectivity index (χ0v) is 25.9. The van der Waals surface area contributed by atoms with Crippen LogP contribution in [0.15, 0.2) is 162 Å². The van der Waals surface area contributed by atoms with Crippen LogP contribution in [0.25, 0.3) is 104 Å². The van der Waals surface area contributed by atoms with Gasteiger partial charge in [0.15, 0.2) is 17.5 Å². The molecule has 51 heavy (non-hydrogen) atoms. The average molecular weight is 697 g/mol. The molecule has 0 N–H and O–H groups in total. The van der Waals surface area contributed by atoms with Crippen molar-refractivity contribution >= 4 is 75.3 Å². The van der Waals surface area contributed by atoms with Crippen LogP contribution in [0.1, 0.15) is 35.6 Å². The molecule has 5 nitrogen and oxygen atoms in total. The molecule has 11 aromatic rings. The highest BCUT2D eigenvalue weighted by Gasteiger charge is 2.20. The van der Waals surface area contributed by atoms with E-state index in [1.165, 1.54) is 0 Å². The summed E-state index contributed by atoms with van der Waals surface area (Å²) in [5.74, 6) is -2.42. The Hall–Kier alpha value is -6.63. The van der Waals surface area contributed by atoms with E-state index in [9.17, 15) is 9.60 Å². The first-order valence-electron chi connectivity index (χ1n) is 27.8. The second-order valence-electron chi connectivity index (χ2n) is 10.8. The summed E-state index contributed by atoms with van der Waals surface area (Å²) < 4.78 is 237. The van der Waals surface area contributed by atoms with Crippen molar-refractivity contribution in [3.63, 3.8) is 0 Å². The van der Waals surface area contributed by atoms with Crippen molar-refractivity contribution in [3.05, 3.63) is 157 Å². The number of aromatic nitrogens is 4. The summed E-state index contributed by atoms with van der Waals surface area (Å²) in [7, 11) is 0. The third-order valence-corrected chi connectivity index (χ3v) is 9.17. The molecule has 238 valence electrons. The second kappa shape index (κ2) is 10.9. The number of hydrogen-bond acceptors (Lipinski definition) is 5. The zero-order valence-electron chi connectivity index (χ0n) is 51.1. The Morgan fingerprint density at radius 1 is 0.490 bits per heavy atom. The predicted molar refractivity (Wildman–Crippen MR) is 211 cm³/mol. The molecule has 0 radical (unpaired) electrons. The third kappa shape index (κ3) is 4.30. The molecule has 0 fully saturated rings. The number of benzene rings is 7. The Bertz CT molecular complexity index is 4610. The Kier molecular flexibility index (Phi) is 2.77. The van der Waals surface area contributed by atoms with Crippen LogP contribution in [0.5, 0.6) is 0 Å². The van der Waals surface area contributed by atoms with Crippen LogP contribution < -0.4 is 0 Å². The van der Waals surface area contributed by atoms with Gasteiger partial charge < -0.3 is 8.98 Å². The fourth-order valence-corrected chi connectivity index (χ4v) is 7.00. The minimum absolute atomic E-state index is 0.0265. The van der Waals surface area contributed by atoms with Gasteiger partial charge in [0.2, 0.25) is 0 Å². The summed E-state index contributed by atoms with van der Waals surface area (Å²) in [4.78, 5) is 13.1. The average Bonchev–Trinajstić information content (AvgIpc) is 4.11. The van der Waals surface area contributed by atoms with E-state index in [2.05, 4.69) is 15.0 Å². The number of para-hydroxylation sites is 3. The molecule has 0 saturated heterocycles. The Morgan fingerprint density at radius 2 is 1.16 bits per heavy atom. The molecule has 0 bridgehead atoms. The van der Waals surface area contributed by atoms with Gasteiger partial charge in [-0.25, -0.2) is 15.0 Å². The molecule has 0 unspecified atom stereocenters. The number of hydrogen-bond donors (Lipinski definition) is 0. The fraction of sp³-hybridized carbons (Fsp3) is 0. The van der Waals surface area contributed by atoms with Gasteiger partial charge in [-0.05, 0) is 54.4 Å². The molecule has 0 spiro atoms. The topological polar surface area (TPSA) is 56.7 Å². The van der Waals surface area contributed by atoms with E-state index in [-0.39, 0.29) is 36.3 Å². The maximum atomic E-state index is 9.60. The standard InChI is InChI=1S/C45H26N4OS/c1-2-11-27(12-3-1)43-46-44(48-45(47-43)35-17-10-16-32-30-13-5-8-19-38(30)50-41(32)35)28-21-23-29(24-22-28)49-36-18-7-4-15-34(36)40-37(49)26-25-33-31-14-6-9-20-39(31)51-42(33)40/h1-26H/i1D,2D,3D,4D,5D,6D,7D,8D,9D,10D,11D,12D,13D,14D,15D,16D,17D,18D,19D,20D,21D,22D,23D,24D,25D,26D. The summed E-state index contributed by atoms with van der Waals surface area (Å²) in [5.41, 5.74) is -4.89. The van der Waals surface area contributed by atoms with Crippen LogP contribution in [0.3, 0.4) is 0 Å². The summed E-state index contributed by atoms with van der Waals surface area (Å²) in [5, 5.41) is -1.61. The molecule has 0 amide bonds. The van der Waals surface area contributed by atoms with Crippen molar-refractivity contribution in [2.45, 2.75) is 0 Å². The van der Waals surface area contributed by atoms with Gasteiger partial charge in [0.25, 0.3) is 0 Å². The van der Waals surface area contributed by atoms with Gasteiger partial charge in [-0.1, -0.05) is 103 Å². The summed E-state index contributed by atoms with van der Waals surface area (Å²) in [6.45, 7) is 0. The molecule has 0 saturated carbocycles. The first kappa shape index (κ1) is 12.9. The lowest BCUT2D eigenvalue weighted by Gasteiger charge is -2.11. The number of nitrogens with zero attached hydrogens (tertiary/aromatic N) is 4. The number of rotatable bonds is 4. The van der Waals surface area contributed by atoms with E-state index in [0.29, 0.717) is 0 Å². The lowest BCUT2D eigenvalue weighted by atomic mass is 10.1. The van der Waals surface area contributed by atoms with Crippen molar-refractivity contribution in [2.75, 3.05) is 0 Å². The van der Waals surface area contributed by atoms with Crippen molar-refractivity contribution in [3.8, 4) is 39.9 Å². The quantitative estimate of drug-likeness (QED) is 0.184. The SMILES string of the molecule is [2H]c1c([2H])c([2H])c(-c2nc(-c3c([2H])c([2H])c(-n4c5c([2H])c([2H])c([2H])c([2H])c5c5c6sc7c([2H])c([2H])c([2H])c([2H])c7c6c([2H])c([2H])c54)c([2H])c3[2H])nc(-c3c([2H])c([2H])c([2H])c4c3oc3c([2H])c([2H])c([2H])c([2H])c34)n2)c([2H])c1[2H]. The number of furan rings is 1. The summed E-state index contributed by atoms with van der Waals surface area (Å²) in [6.07, 6.45) is 0.